The molecule has 4 nitrogen and oxygen atoms in total. The third kappa shape index (κ3) is 3.27. The molecule has 0 aliphatic carbocycles. The molecule has 1 aliphatic heterocycles. The van der Waals surface area contributed by atoms with Crippen molar-refractivity contribution >= 4 is 16.8 Å². The van der Waals surface area contributed by atoms with E-state index < -0.39 is 0 Å². The van der Waals surface area contributed by atoms with Gasteiger partial charge in [0, 0.05) is 24.0 Å². The molecular weight excluding hydrogens is 288 g/mol. The van der Waals surface area contributed by atoms with Crippen LogP contribution in [0.25, 0.3) is 10.9 Å². The van der Waals surface area contributed by atoms with E-state index in [4.69, 9.17) is 4.74 Å². The van der Waals surface area contributed by atoms with Crippen LogP contribution in [0.5, 0.6) is 0 Å². The molecule has 0 saturated carbocycles. The first kappa shape index (κ1) is 16.1. The van der Waals surface area contributed by atoms with Gasteiger partial charge in [0.05, 0.1) is 12.2 Å². The van der Waals surface area contributed by atoms with Gasteiger partial charge >= 0.3 is 0 Å². The summed E-state index contributed by atoms with van der Waals surface area (Å²) >= 11 is 0. The molecule has 23 heavy (non-hydrogen) atoms. The van der Waals surface area contributed by atoms with Crippen LogP contribution in [0.1, 0.15) is 50.7 Å². The number of nitrogens with zero attached hydrogens (tertiary/aromatic N) is 1. The van der Waals surface area contributed by atoms with E-state index in [0.29, 0.717) is 18.8 Å². The Balaban J connectivity index is 1.89. The number of rotatable bonds is 1. The molecule has 124 valence electrons. The van der Waals surface area contributed by atoms with Gasteiger partial charge in [-0.3, -0.25) is 4.79 Å². The van der Waals surface area contributed by atoms with Crippen LogP contribution in [-0.4, -0.2) is 41.1 Å². The lowest BCUT2D eigenvalue weighted by atomic mass is 9.87. The van der Waals surface area contributed by atoms with Crippen molar-refractivity contribution in [3.05, 3.63) is 35.5 Å². The molecule has 2 heterocycles. The zero-order valence-corrected chi connectivity index (χ0v) is 14.6. The van der Waals surface area contributed by atoms with E-state index in [2.05, 4.69) is 44.0 Å². The lowest BCUT2D eigenvalue weighted by molar-refractivity contribution is -0.0587. The van der Waals surface area contributed by atoms with E-state index in [0.717, 1.165) is 10.9 Å². The van der Waals surface area contributed by atoms with E-state index in [1.165, 1.54) is 5.56 Å². The van der Waals surface area contributed by atoms with Gasteiger partial charge in [-0.25, -0.2) is 0 Å². The first-order valence-electron chi connectivity index (χ1n) is 8.32. The van der Waals surface area contributed by atoms with E-state index in [9.17, 15) is 4.79 Å². The average molecular weight is 314 g/mol. The first-order chi connectivity index (χ1) is 10.7. The maximum atomic E-state index is 12.8. The van der Waals surface area contributed by atoms with Crippen molar-refractivity contribution in [1.29, 1.82) is 0 Å². The molecule has 1 amide bonds. The minimum Gasteiger partial charge on any atom is -0.372 e. The SMILES string of the molecule is C[C@@H]1CN(C(=O)c2cc3ccc(C(C)(C)C)cc3[nH]2)C[C@@H](C)O1. The zero-order valence-electron chi connectivity index (χ0n) is 14.6. The van der Waals surface area contributed by atoms with Crippen LogP contribution in [0.4, 0.5) is 0 Å². The number of hydrogen-bond donors (Lipinski definition) is 1. The lowest BCUT2D eigenvalue weighted by Crippen LogP contribution is -2.48. The summed E-state index contributed by atoms with van der Waals surface area (Å²) in [5.74, 6) is 0.0560. The summed E-state index contributed by atoms with van der Waals surface area (Å²) in [6.45, 7) is 11.9. The minimum absolute atomic E-state index is 0.0560. The molecular formula is C19H26N2O2. The lowest BCUT2D eigenvalue weighted by Gasteiger charge is -2.35. The second-order valence-corrected chi connectivity index (χ2v) is 7.70. The third-order valence-electron chi connectivity index (χ3n) is 4.43. The largest absolute Gasteiger partial charge is 0.372 e. The van der Waals surface area contributed by atoms with Gasteiger partial charge in [0.15, 0.2) is 0 Å². The highest BCUT2D eigenvalue weighted by Gasteiger charge is 2.27. The fourth-order valence-corrected chi connectivity index (χ4v) is 3.22. The van der Waals surface area contributed by atoms with Crippen molar-refractivity contribution in [3.63, 3.8) is 0 Å². The first-order valence-corrected chi connectivity index (χ1v) is 8.32. The number of benzene rings is 1. The van der Waals surface area contributed by atoms with Gasteiger partial charge in [-0.05, 0) is 37.0 Å². The fraction of sp³-hybridized carbons (Fsp3) is 0.526. The van der Waals surface area contributed by atoms with E-state index in [1.807, 2.05) is 24.8 Å². The van der Waals surface area contributed by atoms with Crippen LogP contribution in [0, 0.1) is 0 Å². The van der Waals surface area contributed by atoms with Gasteiger partial charge in [-0.15, -0.1) is 0 Å². The molecule has 0 unspecified atom stereocenters. The van der Waals surface area contributed by atoms with Crippen LogP contribution in [0.2, 0.25) is 0 Å². The molecule has 0 spiro atoms. The van der Waals surface area contributed by atoms with Crippen LogP contribution < -0.4 is 0 Å². The Bertz CT molecular complexity index is 717. The van der Waals surface area contributed by atoms with Crippen LogP contribution in [-0.2, 0) is 10.2 Å². The van der Waals surface area contributed by atoms with Crippen molar-refractivity contribution in [1.82, 2.24) is 9.88 Å². The molecule has 1 aromatic heterocycles. The standard InChI is InChI=1S/C19H26N2O2/c1-12-10-21(11-13(2)23-12)18(22)17-8-14-6-7-15(19(3,4)5)9-16(14)20-17/h6-9,12-13,20H,10-11H2,1-5H3/t12-,13-/m1/s1. The van der Waals surface area contributed by atoms with Gasteiger partial charge in [0.2, 0.25) is 0 Å². The second-order valence-electron chi connectivity index (χ2n) is 7.70. The third-order valence-corrected chi connectivity index (χ3v) is 4.43. The summed E-state index contributed by atoms with van der Waals surface area (Å²) < 4.78 is 5.71. The Hall–Kier alpha value is -1.81. The number of aromatic nitrogens is 1. The van der Waals surface area contributed by atoms with Crippen molar-refractivity contribution in [2.24, 2.45) is 0 Å². The number of nitrogens with one attached hydrogen (secondary N) is 1. The summed E-state index contributed by atoms with van der Waals surface area (Å²) in [5.41, 5.74) is 3.04. The number of aromatic amines is 1. The van der Waals surface area contributed by atoms with Crippen LogP contribution in [0.15, 0.2) is 24.3 Å². The topological polar surface area (TPSA) is 45.3 Å². The maximum Gasteiger partial charge on any atom is 0.270 e. The molecule has 0 bridgehead atoms. The summed E-state index contributed by atoms with van der Waals surface area (Å²) in [7, 11) is 0. The van der Waals surface area contributed by atoms with Gasteiger partial charge in [0.1, 0.15) is 5.69 Å². The molecule has 2 aromatic rings. The van der Waals surface area contributed by atoms with Crippen molar-refractivity contribution in [2.45, 2.75) is 52.2 Å². The molecule has 1 aromatic carbocycles. The maximum absolute atomic E-state index is 12.8. The average Bonchev–Trinajstić information content (AvgIpc) is 2.87. The van der Waals surface area contributed by atoms with Gasteiger partial charge in [-0.2, -0.15) is 0 Å². The van der Waals surface area contributed by atoms with Gasteiger partial charge in [-0.1, -0.05) is 32.9 Å². The smallest absolute Gasteiger partial charge is 0.270 e. The van der Waals surface area contributed by atoms with Crippen LogP contribution >= 0.6 is 0 Å². The number of ether oxygens (including phenoxy) is 1. The molecule has 0 radical (unpaired) electrons. The second kappa shape index (κ2) is 5.68. The van der Waals surface area contributed by atoms with Gasteiger partial charge in [0.25, 0.3) is 5.91 Å². The van der Waals surface area contributed by atoms with Crippen molar-refractivity contribution in [2.75, 3.05) is 13.1 Å². The Morgan fingerprint density at radius 2 is 1.83 bits per heavy atom. The molecule has 1 saturated heterocycles. The number of fused-ring (bicyclic) bond motifs is 1. The minimum atomic E-state index is 0.0560. The summed E-state index contributed by atoms with van der Waals surface area (Å²) in [4.78, 5) is 18.0. The predicted octanol–water partition coefficient (Wildman–Crippen LogP) is 3.71. The van der Waals surface area contributed by atoms with E-state index in [-0.39, 0.29) is 23.5 Å². The van der Waals surface area contributed by atoms with Gasteiger partial charge < -0.3 is 14.6 Å². The Morgan fingerprint density at radius 1 is 1.17 bits per heavy atom. The van der Waals surface area contributed by atoms with Crippen LogP contribution in [0.3, 0.4) is 0 Å². The number of H-pyrrole nitrogens is 1. The number of morpholine rings is 1. The molecule has 1 N–H and O–H groups in total. The zero-order chi connectivity index (χ0) is 16.8. The summed E-state index contributed by atoms with van der Waals surface area (Å²) in [5, 5.41) is 1.08. The predicted molar refractivity (Wildman–Crippen MR) is 92.9 cm³/mol. The summed E-state index contributed by atoms with van der Waals surface area (Å²) in [6.07, 6.45) is 0.166. The van der Waals surface area contributed by atoms with E-state index in [1.54, 1.807) is 0 Å². The number of hydrogen-bond acceptors (Lipinski definition) is 2. The quantitative estimate of drug-likeness (QED) is 0.872. The van der Waals surface area contributed by atoms with Crippen molar-refractivity contribution in [3.8, 4) is 0 Å². The molecule has 4 heteroatoms. The molecule has 1 aliphatic rings. The fourth-order valence-electron chi connectivity index (χ4n) is 3.22. The number of carbonyl (C=O) groups is 1. The highest BCUT2D eigenvalue weighted by atomic mass is 16.5. The molecule has 1 fully saturated rings. The number of carbonyl (C=O) groups excluding carboxylic acids is 1. The van der Waals surface area contributed by atoms with Crippen molar-refractivity contribution < 1.29 is 9.53 Å². The summed E-state index contributed by atoms with van der Waals surface area (Å²) in [6, 6.07) is 8.34. The highest BCUT2D eigenvalue weighted by Crippen LogP contribution is 2.27. The molecule has 2 atom stereocenters. The van der Waals surface area contributed by atoms with E-state index >= 15 is 0 Å². The Labute approximate surface area is 137 Å². The highest BCUT2D eigenvalue weighted by molar-refractivity contribution is 5.98. The molecule has 3 rings (SSSR count). The monoisotopic (exact) mass is 314 g/mol. The Morgan fingerprint density at radius 3 is 2.43 bits per heavy atom. The Kier molecular flexibility index (Phi) is 3.96. The number of amides is 1. The normalized spacial score (nSPS) is 22.6.